The maximum atomic E-state index is 13.7. The van der Waals surface area contributed by atoms with Crippen LogP contribution in [0.15, 0.2) is 12.2 Å². The molecule has 190 valence electrons. The van der Waals surface area contributed by atoms with Gasteiger partial charge >= 0.3 is 5.97 Å². The number of ether oxygens (including phenoxy) is 1. The number of esters is 1. The summed E-state index contributed by atoms with van der Waals surface area (Å²) in [5.41, 5.74) is -1.40. The summed E-state index contributed by atoms with van der Waals surface area (Å²) in [6.07, 6.45) is 10.3. The fourth-order valence-electron chi connectivity index (χ4n) is 11.6. The number of carbonyl (C=O) groups is 1. The number of aliphatic hydroxyl groups excluding tert-OH is 2. The molecule has 0 aromatic rings. The van der Waals surface area contributed by atoms with Crippen molar-refractivity contribution in [2.24, 2.45) is 56.7 Å². The first kappa shape index (κ1) is 23.5. The molecule has 0 unspecified atom stereocenters. The first-order valence-corrected chi connectivity index (χ1v) is 14.0. The van der Waals surface area contributed by atoms with Gasteiger partial charge < -0.3 is 14.9 Å². The lowest BCUT2D eigenvalue weighted by Gasteiger charge is -2.72. The zero-order chi connectivity index (χ0) is 24.7. The van der Waals surface area contributed by atoms with Crippen LogP contribution in [0, 0.1) is 56.7 Å². The van der Waals surface area contributed by atoms with E-state index in [0.717, 1.165) is 38.5 Å². The van der Waals surface area contributed by atoms with Gasteiger partial charge in [0.1, 0.15) is 5.60 Å². The third kappa shape index (κ3) is 2.25. The SMILES string of the molecule is C[C@H]1[C@H](C)CC[C@@]23CC[C@]4(C)[C@@](C=C[C@@H]5[C@@]6(C)C[C@@H](O)[C@@H](O)C(C)(C)[C@@H]6CC[C@]54C)(OC2=O)[C@H]13. The van der Waals surface area contributed by atoms with E-state index in [2.05, 4.69) is 60.6 Å². The zero-order valence-electron chi connectivity index (χ0n) is 22.4. The van der Waals surface area contributed by atoms with Crippen molar-refractivity contribution in [3.05, 3.63) is 12.2 Å². The highest BCUT2D eigenvalue weighted by Crippen LogP contribution is 2.79. The second-order valence-corrected chi connectivity index (χ2v) is 14.9. The van der Waals surface area contributed by atoms with Crippen LogP contribution in [-0.4, -0.2) is 34.0 Å². The lowest BCUT2D eigenvalue weighted by Crippen LogP contribution is -2.71. The number of allylic oxidation sites excluding steroid dienone is 1. The van der Waals surface area contributed by atoms with Crippen molar-refractivity contribution in [2.45, 2.75) is 111 Å². The molecule has 2 bridgehead atoms. The lowest BCUT2D eigenvalue weighted by molar-refractivity contribution is -0.257. The molecule has 0 aromatic carbocycles. The van der Waals surface area contributed by atoms with Crippen molar-refractivity contribution >= 4 is 5.97 Å². The molecule has 5 aliphatic carbocycles. The van der Waals surface area contributed by atoms with Crippen LogP contribution in [-0.2, 0) is 9.53 Å². The summed E-state index contributed by atoms with van der Waals surface area (Å²) >= 11 is 0. The molecular weight excluding hydrogens is 424 g/mol. The zero-order valence-corrected chi connectivity index (χ0v) is 22.4. The Morgan fingerprint density at radius 2 is 1.68 bits per heavy atom. The average molecular weight is 471 g/mol. The molecule has 0 aromatic heterocycles. The van der Waals surface area contributed by atoms with Crippen LogP contribution >= 0.6 is 0 Å². The van der Waals surface area contributed by atoms with Gasteiger partial charge in [0, 0.05) is 11.3 Å². The van der Waals surface area contributed by atoms with E-state index in [1.54, 1.807) is 0 Å². The predicted octanol–water partition coefficient (Wildman–Crippen LogP) is 5.51. The molecule has 0 radical (unpaired) electrons. The average Bonchev–Trinajstić information content (AvgIpc) is 2.96. The van der Waals surface area contributed by atoms with Gasteiger partial charge in [0.25, 0.3) is 0 Å². The highest BCUT2D eigenvalue weighted by molar-refractivity contribution is 5.82. The third-order valence-electron chi connectivity index (χ3n) is 13.7. The molecule has 4 heteroatoms. The Morgan fingerprint density at radius 1 is 0.971 bits per heavy atom. The Hall–Kier alpha value is -0.870. The second kappa shape index (κ2) is 6.52. The fourth-order valence-corrected chi connectivity index (χ4v) is 11.6. The Morgan fingerprint density at radius 3 is 2.38 bits per heavy atom. The molecule has 4 saturated carbocycles. The van der Waals surface area contributed by atoms with Gasteiger partial charge in [-0.05, 0) is 90.9 Å². The summed E-state index contributed by atoms with van der Waals surface area (Å²) in [7, 11) is 0. The van der Waals surface area contributed by atoms with Crippen molar-refractivity contribution in [3.63, 3.8) is 0 Å². The minimum atomic E-state index is -0.696. The van der Waals surface area contributed by atoms with Crippen molar-refractivity contribution in [3.8, 4) is 0 Å². The first-order chi connectivity index (χ1) is 15.7. The maximum Gasteiger partial charge on any atom is 0.313 e. The monoisotopic (exact) mass is 470 g/mol. The molecule has 34 heavy (non-hydrogen) atoms. The van der Waals surface area contributed by atoms with Crippen LogP contribution in [0.25, 0.3) is 0 Å². The summed E-state index contributed by atoms with van der Waals surface area (Å²) in [6, 6.07) is 0. The third-order valence-corrected chi connectivity index (χ3v) is 13.7. The van der Waals surface area contributed by atoms with E-state index in [4.69, 9.17) is 4.74 Å². The normalized spacial score (nSPS) is 61.6. The summed E-state index contributed by atoms with van der Waals surface area (Å²) in [5.74, 6) is 2.03. The smallest absolute Gasteiger partial charge is 0.313 e. The molecule has 0 amide bonds. The van der Waals surface area contributed by atoms with Gasteiger partial charge in [-0.1, -0.05) is 54.5 Å². The predicted molar refractivity (Wildman–Crippen MR) is 132 cm³/mol. The Labute approximate surface area is 205 Å². The molecule has 1 spiro atoms. The summed E-state index contributed by atoms with van der Waals surface area (Å²) in [5, 5.41) is 21.9. The molecule has 4 nitrogen and oxygen atoms in total. The van der Waals surface area contributed by atoms with Gasteiger partial charge in [-0.25, -0.2) is 0 Å². The van der Waals surface area contributed by atoms with Crippen molar-refractivity contribution in [1.29, 1.82) is 0 Å². The summed E-state index contributed by atoms with van der Waals surface area (Å²) < 4.78 is 6.68. The van der Waals surface area contributed by atoms with Gasteiger partial charge in [-0.2, -0.15) is 0 Å². The van der Waals surface area contributed by atoms with E-state index in [1.165, 1.54) is 0 Å². The molecule has 1 saturated heterocycles. The molecule has 2 N–H and O–H groups in total. The molecule has 12 atom stereocenters. The van der Waals surface area contributed by atoms with Crippen LogP contribution in [0.1, 0.15) is 93.4 Å². The topological polar surface area (TPSA) is 66.8 Å². The van der Waals surface area contributed by atoms with Crippen LogP contribution < -0.4 is 0 Å². The number of aliphatic hydroxyl groups is 2. The number of hydrogen-bond acceptors (Lipinski definition) is 4. The first-order valence-electron chi connectivity index (χ1n) is 14.0. The van der Waals surface area contributed by atoms with E-state index in [9.17, 15) is 15.0 Å². The van der Waals surface area contributed by atoms with Gasteiger partial charge in [0.2, 0.25) is 0 Å². The fraction of sp³-hybridized carbons (Fsp3) is 0.900. The van der Waals surface area contributed by atoms with E-state index in [1.807, 2.05) is 0 Å². The number of carbonyl (C=O) groups excluding carboxylic acids is 1. The van der Waals surface area contributed by atoms with E-state index in [0.29, 0.717) is 30.1 Å². The Bertz CT molecular complexity index is 955. The van der Waals surface area contributed by atoms with Crippen molar-refractivity contribution < 1.29 is 19.7 Å². The van der Waals surface area contributed by atoms with E-state index in [-0.39, 0.29) is 39.0 Å². The largest absolute Gasteiger partial charge is 0.453 e. The lowest BCUT2D eigenvalue weighted by atomic mass is 9.32. The van der Waals surface area contributed by atoms with Crippen molar-refractivity contribution in [1.82, 2.24) is 0 Å². The Kier molecular flexibility index (Phi) is 4.51. The number of fused-ring (bicyclic) bond motifs is 4. The highest BCUT2D eigenvalue weighted by atomic mass is 16.6. The van der Waals surface area contributed by atoms with Crippen LogP contribution in [0.2, 0.25) is 0 Å². The van der Waals surface area contributed by atoms with Crippen LogP contribution in [0.3, 0.4) is 0 Å². The molecular formula is C30H46O4. The quantitative estimate of drug-likeness (QED) is 0.362. The molecule has 6 aliphatic rings. The number of rotatable bonds is 0. The molecule has 5 fully saturated rings. The number of hydrogen-bond donors (Lipinski definition) is 2. The van der Waals surface area contributed by atoms with Gasteiger partial charge in [-0.15, -0.1) is 0 Å². The molecule has 6 rings (SSSR count). The molecule has 1 heterocycles. The van der Waals surface area contributed by atoms with Crippen LogP contribution in [0.5, 0.6) is 0 Å². The molecule has 1 aliphatic heterocycles. The van der Waals surface area contributed by atoms with Gasteiger partial charge in [0.15, 0.2) is 0 Å². The summed E-state index contributed by atoms with van der Waals surface area (Å²) in [6.45, 7) is 16.3. The van der Waals surface area contributed by atoms with E-state index >= 15 is 0 Å². The Balaban J connectivity index is 1.52. The van der Waals surface area contributed by atoms with Crippen LogP contribution in [0.4, 0.5) is 0 Å². The minimum Gasteiger partial charge on any atom is -0.453 e. The second-order valence-electron chi connectivity index (χ2n) is 14.9. The minimum absolute atomic E-state index is 0.0255. The standard InChI is InChI=1S/C30H46O4/c1-17-8-12-29-15-14-28(7)27(6)11-9-20-25(3,4)23(32)19(31)16-26(20,5)21(27)10-13-30(28,34-24(29)33)22(29)18(17)2/h10,13,17-23,31-32H,8-9,11-12,14-16H2,1-7H3/t17-,18+,19-,20+,21-,22-,23-,26+,27-,28+,29+,30+/m1/s1. The van der Waals surface area contributed by atoms with Gasteiger partial charge in [0.05, 0.1) is 17.6 Å². The highest BCUT2D eigenvalue weighted by Gasteiger charge is 2.80. The maximum absolute atomic E-state index is 13.7. The van der Waals surface area contributed by atoms with Crippen molar-refractivity contribution in [2.75, 3.05) is 0 Å². The summed E-state index contributed by atoms with van der Waals surface area (Å²) in [4.78, 5) is 13.7. The van der Waals surface area contributed by atoms with Gasteiger partial charge in [-0.3, -0.25) is 4.79 Å². The van der Waals surface area contributed by atoms with E-state index < -0.39 is 17.8 Å².